The highest BCUT2D eigenvalue weighted by molar-refractivity contribution is 5.71. The van der Waals surface area contributed by atoms with Gasteiger partial charge in [0.25, 0.3) is 0 Å². The van der Waals surface area contributed by atoms with E-state index >= 15 is 0 Å². The molecule has 0 aromatic carbocycles. The second kappa shape index (κ2) is 65.3. The minimum Gasteiger partial charge on any atom is -0.462 e. The number of ether oxygens (including phenoxy) is 3. The van der Waals surface area contributed by atoms with E-state index in [4.69, 9.17) is 14.2 Å². The quantitative estimate of drug-likeness (QED) is 0.0261. The van der Waals surface area contributed by atoms with E-state index in [2.05, 4.69) is 191 Å². The van der Waals surface area contributed by atoms with Gasteiger partial charge in [-0.25, -0.2) is 0 Å². The molecule has 0 aliphatic rings. The van der Waals surface area contributed by atoms with Crippen LogP contribution in [-0.4, -0.2) is 37.2 Å². The van der Waals surface area contributed by atoms with Gasteiger partial charge in [-0.05, 0) is 148 Å². The highest BCUT2D eigenvalue weighted by Crippen LogP contribution is 2.13. The molecule has 6 nitrogen and oxygen atoms in total. The zero-order chi connectivity index (χ0) is 57.1. The molecule has 0 bridgehead atoms. The minimum absolute atomic E-state index is 0.117. The summed E-state index contributed by atoms with van der Waals surface area (Å²) in [6.45, 7) is 6.31. The Morgan fingerprint density at radius 3 is 0.823 bits per heavy atom. The van der Waals surface area contributed by atoms with Crippen molar-refractivity contribution < 1.29 is 28.6 Å². The normalized spacial score (nSPS) is 13.3. The van der Waals surface area contributed by atoms with Crippen molar-refractivity contribution in [3.8, 4) is 0 Å². The zero-order valence-corrected chi connectivity index (χ0v) is 50.6. The first-order chi connectivity index (χ1) is 39.0. The van der Waals surface area contributed by atoms with Crippen LogP contribution < -0.4 is 0 Å². The number of unbranched alkanes of at least 4 members (excludes halogenated alkanes) is 16. The minimum atomic E-state index is -0.826. The fraction of sp³-hybridized carbons (Fsp3) is 0.575. The van der Waals surface area contributed by atoms with Crippen LogP contribution >= 0.6 is 0 Å². The van der Waals surface area contributed by atoms with Crippen molar-refractivity contribution in [2.45, 2.75) is 258 Å². The monoisotopic (exact) mass is 1090 g/mol. The molecule has 0 amide bonds. The Labute approximate surface area is 485 Å². The second-order valence-corrected chi connectivity index (χ2v) is 20.2. The highest BCUT2D eigenvalue weighted by atomic mass is 16.6. The third-order valence-electron chi connectivity index (χ3n) is 12.7. The Morgan fingerprint density at radius 1 is 0.266 bits per heavy atom. The van der Waals surface area contributed by atoms with Crippen molar-refractivity contribution in [1.29, 1.82) is 0 Å². The maximum absolute atomic E-state index is 12.9. The van der Waals surface area contributed by atoms with E-state index in [1.807, 2.05) is 0 Å². The maximum Gasteiger partial charge on any atom is 0.306 e. The van der Waals surface area contributed by atoms with E-state index in [0.717, 1.165) is 154 Å². The van der Waals surface area contributed by atoms with E-state index in [-0.39, 0.29) is 44.0 Å². The molecule has 0 N–H and O–H groups in total. The third-order valence-corrected chi connectivity index (χ3v) is 12.7. The van der Waals surface area contributed by atoms with Gasteiger partial charge < -0.3 is 14.2 Å². The van der Waals surface area contributed by atoms with Crippen molar-refractivity contribution in [2.24, 2.45) is 0 Å². The summed E-state index contributed by atoms with van der Waals surface area (Å²) >= 11 is 0. The van der Waals surface area contributed by atoms with Crippen LogP contribution in [-0.2, 0) is 28.6 Å². The predicted molar refractivity (Wildman–Crippen MR) is 343 cm³/mol. The lowest BCUT2D eigenvalue weighted by Gasteiger charge is -2.18. The first-order valence-corrected chi connectivity index (χ1v) is 31.6. The summed E-state index contributed by atoms with van der Waals surface area (Å²) in [5, 5.41) is 0. The Hall–Kier alpha value is -5.23. The Kier molecular flexibility index (Phi) is 61.0. The molecule has 0 saturated heterocycles. The van der Waals surface area contributed by atoms with E-state index in [9.17, 15) is 14.4 Å². The number of hydrogen-bond acceptors (Lipinski definition) is 6. The standard InChI is InChI=1S/C73H114O6/c1-4-7-10-13-16-19-22-25-28-31-34-35-36-37-40-42-45-48-51-54-57-60-63-66-72(75)78-69-70(79-73(76)67-64-61-58-55-52-49-46-43-39-33-30-27-24-21-18-15-12-9-6-3)68-77-71(74)65-62-59-56-53-50-47-44-41-38-32-29-26-23-20-17-14-11-8-5-2/h7,9-10,12,16-21,25-30,34-35,37-41,43,45,48,54,57,70H,4-6,8,11,13-15,22-24,31-33,36,42,44,46-47,49-53,55-56,58-69H2,1-3H3/b10-7-,12-9-,19-16-,20-17-,21-18-,28-25-,29-26-,30-27-,35-34-,40-37-,41-38-,43-39-,48-45-,57-54-. The van der Waals surface area contributed by atoms with Gasteiger partial charge in [-0.3, -0.25) is 14.4 Å². The second-order valence-electron chi connectivity index (χ2n) is 20.2. The predicted octanol–water partition coefficient (Wildman–Crippen LogP) is 21.9. The molecular formula is C73H114O6. The molecule has 0 aliphatic carbocycles. The molecule has 79 heavy (non-hydrogen) atoms. The van der Waals surface area contributed by atoms with Crippen molar-refractivity contribution in [2.75, 3.05) is 13.2 Å². The van der Waals surface area contributed by atoms with Gasteiger partial charge in [0.1, 0.15) is 13.2 Å². The van der Waals surface area contributed by atoms with E-state index < -0.39 is 6.10 Å². The van der Waals surface area contributed by atoms with Gasteiger partial charge in [-0.1, -0.05) is 255 Å². The van der Waals surface area contributed by atoms with Crippen LogP contribution in [0.5, 0.6) is 0 Å². The van der Waals surface area contributed by atoms with Crippen molar-refractivity contribution in [3.05, 3.63) is 170 Å². The molecular weight excluding hydrogens is 973 g/mol. The zero-order valence-electron chi connectivity index (χ0n) is 50.6. The lowest BCUT2D eigenvalue weighted by atomic mass is 10.1. The van der Waals surface area contributed by atoms with Gasteiger partial charge in [0.05, 0.1) is 0 Å². The van der Waals surface area contributed by atoms with Crippen molar-refractivity contribution in [3.63, 3.8) is 0 Å². The summed E-state index contributed by atoms with van der Waals surface area (Å²) in [6, 6.07) is 0. The molecule has 0 aromatic heterocycles. The molecule has 0 saturated carbocycles. The molecule has 0 fully saturated rings. The molecule has 442 valence electrons. The van der Waals surface area contributed by atoms with Crippen LogP contribution in [0.15, 0.2) is 170 Å². The van der Waals surface area contributed by atoms with Gasteiger partial charge in [-0.15, -0.1) is 0 Å². The van der Waals surface area contributed by atoms with E-state index in [0.29, 0.717) is 12.8 Å². The van der Waals surface area contributed by atoms with Crippen LogP contribution in [0.4, 0.5) is 0 Å². The van der Waals surface area contributed by atoms with Crippen LogP contribution in [0.3, 0.4) is 0 Å². The van der Waals surface area contributed by atoms with Crippen molar-refractivity contribution >= 4 is 17.9 Å². The Balaban J connectivity index is 4.58. The Bertz CT molecular complexity index is 1820. The number of allylic oxidation sites excluding steroid dienone is 28. The van der Waals surface area contributed by atoms with E-state index in [1.54, 1.807) is 0 Å². The topological polar surface area (TPSA) is 78.9 Å². The molecule has 0 spiro atoms. The van der Waals surface area contributed by atoms with Crippen molar-refractivity contribution in [1.82, 2.24) is 0 Å². The number of rotatable bonds is 55. The fourth-order valence-electron chi connectivity index (χ4n) is 8.02. The average molecular weight is 1090 g/mol. The van der Waals surface area contributed by atoms with Crippen LogP contribution in [0, 0.1) is 0 Å². The smallest absolute Gasteiger partial charge is 0.306 e. The third kappa shape index (κ3) is 63.5. The summed E-state index contributed by atoms with van der Waals surface area (Å²) < 4.78 is 16.9. The molecule has 1 unspecified atom stereocenters. The summed E-state index contributed by atoms with van der Waals surface area (Å²) in [5.74, 6) is -1.01. The summed E-state index contributed by atoms with van der Waals surface area (Å²) in [7, 11) is 0. The molecule has 0 rings (SSSR count). The fourth-order valence-corrected chi connectivity index (χ4v) is 8.02. The lowest BCUT2D eigenvalue weighted by Crippen LogP contribution is -2.30. The molecule has 0 aliphatic heterocycles. The summed E-state index contributed by atoms with van der Waals surface area (Å²) in [6.07, 6.45) is 96.3. The average Bonchev–Trinajstić information content (AvgIpc) is 3.45. The highest BCUT2D eigenvalue weighted by Gasteiger charge is 2.19. The first kappa shape index (κ1) is 73.8. The van der Waals surface area contributed by atoms with E-state index in [1.165, 1.54) is 51.4 Å². The first-order valence-electron chi connectivity index (χ1n) is 31.6. The van der Waals surface area contributed by atoms with Crippen LogP contribution in [0.2, 0.25) is 0 Å². The van der Waals surface area contributed by atoms with Gasteiger partial charge >= 0.3 is 17.9 Å². The van der Waals surface area contributed by atoms with Gasteiger partial charge in [0.15, 0.2) is 6.10 Å². The number of carbonyl (C=O) groups is 3. The van der Waals surface area contributed by atoms with Crippen LogP contribution in [0.25, 0.3) is 0 Å². The molecule has 0 heterocycles. The lowest BCUT2D eigenvalue weighted by molar-refractivity contribution is -0.167. The van der Waals surface area contributed by atoms with Gasteiger partial charge in [0.2, 0.25) is 0 Å². The number of esters is 3. The van der Waals surface area contributed by atoms with Gasteiger partial charge in [-0.2, -0.15) is 0 Å². The van der Waals surface area contributed by atoms with Gasteiger partial charge in [0, 0.05) is 19.3 Å². The molecule has 0 aromatic rings. The molecule has 0 radical (unpaired) electrons. The Morgan fingerprint density at radius 2 is 0.506 bits per heavy atom. The molecule has 1 atom stereocenters. The van der Waals surface area contributed by atoms with Crippen LogP contribution in [0.1, 0.15) is 252 Å². The maximum atomic E-state index is 12.9. The largest absolute Gasteiger partial charge is 0.462 e. The number of hydrogen-bond donors (Lipinski definition) is 0. The number of carbonyl (C=O) groups excluding carboxylic acids is 3. The molecule has 6 heteroatoms. The SMILES string of the molecule is CC/C=C\C/C=C\C/C=C\C/C=C\C/C=C\C/C=C\C/C=C\CCCC(=O)OCC(COC(=O)CCCCCCCC/C=C\C/C=C\C/C=C\CCCCC)OC(=O)CCCCCCCC/C=C\C/C=C\C/C=C\C/C=C\CC. The summed E-state index contributed by atoms with van der Waals surface area (Å²) in [4.78, 5) is 38.3. The summed E-state index contributed by atoms with van der Waals surface area (Å²) in [5.41, 5.74) is 0.